The third-order valence-corrected chi connectivity index (χ3v) is 16.6. The monoisotopic (exact) mass is 1230 g/mol. The Morgan fingerprint density at radius 3 is 0.819 bits per heavy atom. The lowest BCUT2D eigenvalue weighted by Crippen LogP contribution is -2.30. The molecular weight excluding hydrogens is 1100 g/mol. The molecule has 83 heavy (non-hydrogen) atoms. The van der Waals surface area contributed by atoms with Gasteiger partial charge in [0.25, 0.3) is 0 Å². The fraction of sp³-hybridized carbons (Fsp3) is 0.938. The molecule has 19 heteroatoms. The minimum Gasteiger partial charge on any atom is -0.462 e. The molecule has 0 rings (SSSR count). The zero-order chi connectivity index (χ0) is 61.5. The molecule has 2 unspecified atom stereocenters. The lowest BCUT2D eigenvalue weighted by molar-refractivity contribution is -0.161. The lowest BCUT2D eigenvalue weighted by atomic mass is 10.0. The van der Waals surface area contributed by atoms with Gasteiger partial charge in [0.05, 0.1) is 26.4 Å². The van der Waals surface area contributed by atoms with Gasteiger partial charge in [0, 0.05) is 25.7 Å². The van der Waals surface area contributed by atoms with Gasteiger partial charge < -0.3 is 33.8 Å². The van der Waals surface area contributed by atoms with Crippen molar-refractivity contribution in [2.24, 2.45) is 11.8 Å². The second-order valence-electron chi connectivity index (χ2n) is 24.1. The summed E-state index contributed by atoms with van der Waals surface area (Å²) >= 11 is 0. The van der Waals surface area contributed by atoms with Crippen molar-refractivity contribution in [3.05, 3.63) is 0 Å². The summed E-state index contributed by atoms with van der Waals surface area (Å²) in [5, 5.41) is 10.5. The Bertz CT molecular complexity index is 1630. The molecule has 17 nitrogen and oxygen atoms in total. The number of aliphatic hydroxyl groups is 1. The molecule has 0 saturated heterocycles. The molecule has 0 spiro atoms. The largest absolute Gasteiger partial charge is 0.472 e. The molecule has 0 aliphatic carbocycles. The highest BCUT2D eigenvalue weighted by molar-refractivity contribution is 7.47. The molecule has 0 radical (unpaired) electrons. The standard InChI is InChI=1S/C64H124O17P2/c1-7-9-11-13-15-17-19-21-23-25-27-36-42-48-63(68)80-59(52-74-61(66)46-40-34-26-24-22-20-18-16-14-12-10-8-2)54-78-82(70,71)76-50-58(65)51-77-83(72,73)79-55-60(81-64(69)49-43-37-31-29-33-39-45-57(5)6)53-75-62(67)47-41-35-30-28-32-38-44-56(3)4/h56-60,65H,7-55H2,1-6H3,(H,70,71)(H,72,73)/t58-,59-,60-/m1/s1. The zero-order valence-corrected chi connectivity index (χ0v) is 55.3. The topological polar surface area (TPSA) is 237 Å². The van der Waals surface area contributed by atoms with E-state index in [9.17, 15) is 43.2 Å². The van der Waals surface area contributed by atoms with Crippen molar-refractivity contribution in [1.29, 1.82) is 0 Å². The predicted octanol–water partition coefficient (Wildman–Crippen LogP) is 17.7. The van der Waals surface area contributed by atoms with Gasteiger partial charge in [-0.25, -0.2) is 9.13 Å². The van der Waals surface area contributed by atoms with Crippen molar-refractivity contribution >= 4 is 39.5 Å². The Kier molecular flexibility index (Phi) is 55.2. The summed E-state index contributed by atoms with van der Waals surface area (Å²) in [5.74, 6) is -0.789. The van der Waals surface area contributed by atoms with Crippen LogP contribution in [0.4, 0.5) is 0 Å². The molecule has 492 valence electrons. The second kappa shape index (κ2) is 56.6. The highest BCUT2D eigenvalue weighted by atomic mass is 31.2. The van der Waals surface area contributed by atoms with Gasteiger partial charge >= 0.3 is 39.5 Å². The van der Waals surface area contributed by atoms with Crippen molar-refractivity contribution < 1.29 is 80.2 Å². The second-order valence-corrected chi connectivity index (χ2v) is 27.0. The Hall–Kier alpha value is -1.94. The summed E-state index contributed by atoms with van der Waals surface area (Å²) in [6, 6.07) is 0. The van der Waals surface area contributed by atoms with E-state index < -0.39 is 97.5 Å². The minimum atomic E-state index is -4.94. The molecule has 0 aliphatic rings. The van der Waals surface area contributed by atoms with E-state index in [1.54, 1.807) is 0 Å². The summed E-state index contributed by atoms with van der Waals surface area (Å²) in [4.78, 5) is 72.2. The van der Waals surface area contributed by atoms with Crippen LogP contribution in [-0.2, 0) is 65.4 Å². The first-order chi connectivity index (χ1) is 39.9. The van der Waals surface area contributed by atoms with E-state index in [2.05, 4.69) is 41.5 Å². The van der Waals surface area contributed by atoms with E-state index in [-0.39, 0.29) is 25.7 Å². The average Bonchev–Trinajstić information content (AvgIpc) is 3.45. The number of carbonyl (C=O) groups excluding carboxylic acids is 4. The lowest BCUT2D eigenvalue weighted by Gasteiger charge is -2.21. The molecule has 5 atom stereocenters. The number of phosphoric acid groups is 2. The van der Waals surface area contributed by atoms with Crippen molar-refractivity contribution in [3.63, 3.8) is 0 Å². The maximum absolute atomic E-state index is 13.0. The van der Waals surface area contributed by atoms with E-state index in [0.29, 0.717) is 37.5 Å². The maximum atomic E-state index is 13.0. The molecule has 0 aliphatic heterocycles. The van der Waals surface area contributed by atoms with Crippen LogP contribution in [0.15, 0.2) is 0 Å². The van der Waals surface area contributed by atoms with Gasteiger partial charge in [-0.2, -0.15) is 0 Å². The van der Waals surface area contributed by atoms with Crippen LogP contribution < -0.4 is 0 Å². The fourth-order valence-electron chi connectivity index (χ4n) is 9.53. The van der Waals surface area contributed by atoms with Crippen molar-refractivity contribution in [1.82, 2.24) is 0 Å². The Balaban J connectivity index is 5.23. The van der Waals surface area contributed by atoms with Gasteiger partial charge in [0.1, 0.15) is 19.3 Å². The van der Waals surface area contributed by atoms with Crippen LogP contribution in [0.1, 0.15) is 318 Å². The first-order valence-corrected chi connectivity index (χ1v) is 36.5. The molecule has 0 fully saturated rings. The highest BCUT2D eigenvalue weighted by Gasteiger charge is 2.30. The van der Waals surface area contributed by atoms with Crippen LogP contribution in [0.3, 0.4) is 0 Å². The Morgan fingerprint density at radius 1 is 0.325 bits per heavy atom. The summed E-state index contributed by atoms with van der Waals surface area (Å²) in [6.07, 6.45) is 39.2. The van der Waals surface area contributed by atoms with E-state index in [1.807, 2.05) is 0 Å². The molecule has 0 aromatic carbocycles. The zero-order valence-electron chi connectivity index (χ0n) is 53.5. The van der Waals surface area contributed by atoms with E-state index in [0.717, 1.165) is 96.3 Å². The molecule has 0 amide bonds. The van der Waals surface area contributed by atoms with Crippen molar-refractivity contribution in [2.45, 2.75) is 336 Å². The normalized spacial score (nSPS) is 14.3. The molecule has 0 saturated carbocycles. The number of aliphatic hydroxyl groups excluding tert-OH is 1. The van der Waals surface area contributed by atoms with Crippen LogP contribution in [0.5, 0.6) is 0 Å². The van der Waals surface area contributed by atoms with Gasteiger partial charge in [0.15, 0.2) is 12.2 Å². The van der Waals surface area contributed by atoms with Crippen LogP contribution in [0.25, 0.3) is 0 Å². The molecule has 0 aromatic rings. The number of ether oxygens (including phenoxy) is 4. The van der Waals surface area contributed by atoms with E-state index in [1.165, 1.54) is 128 Å². The smallest absolute Gasteiger partial charge is 0.462 e. The van der Waals surface area contributed by atoms with Gasteiger partial charge in [0.2, 0.25) is 0 Å². The number of rotatable bonds is 63. The predicted molar refractivity (Wildman–Crippen MR) is 331 cm³/mol. The molecule has 3 N–H and O–H groups in total. The molecular formula is C64H124O17P2. The van der Waals surface area contributed by atoms with Crippen LogP contribution in [-0.4, -0.2) is 96.7 Å². The van der Waals surface area contributed by atoms with E-state index >= 15 is 0 Å². The number of hydrogen-bond acceptors (Lipinski definition) is 15. The van der Waals surface area contributed by atoms with Gasteiger partial charge in [-0.3, -0.25) is 37.3 Å². The molecule has 0 aromatic heterocycles. The Labute approximate surface area is 505 Å². The van der Waals surface area contributed by atoms with E-state index in [4.69, 9.17) is 37.0 Å². The number of carbonyl (C=O) groups is 4. The number of unbranched alkanes of at least 4 members (excludes halogenated alkanes) is 33. The number of esters is 4. The molecule has 0 bridgehead atoms. The van der Waals surface area contributed by atoms with Gasteiger partial charge in [-0.05, 0) is 37.5 Å². The van der Waals surface area contributed by atoms with Crippen molar-refractivity contribution in [3.8, 4) is 0 Å². The third kappa shape index (κ3) is 58.8. The van der Waals surface area contributed by atoms with Gasteiger partial charge in [-0.15, -0.1) is 0 Å². The van der Waals surface area contributed by atoms with Gasteiger partial charge in [-0.1, -0.05) is 266 Å². The highest BCUT2D eigenvalue weighted by Crippen LogP contribution is 2.45. The van der Waals surface area contributed by atoms with Crippen LogP contribution >= 0.6 is 15.6 Å². The maximum Gasteiger partial charge on any atom is 0.472 e. The summed E-state index contributed by atoms with van der Waals surface area (Å²) < 4.78 is 67.9. The number of hydrogen-bond donors (Lipinski definition) is 3. The first kappa shape index (κ1) is 81.1. The first-order valence-electron chi connectivity index (χ1n) is 33.5. The third-order valence-electron chi connectivity index (χ3n) is 14.7. The van der Waals surface area contributed by atoms with Crippen molar-refractivity contribution in [2.75, 3.05) is 39.6 Å². The van der Waals surface area contributed by atoms with Crippen LogP contribution in [0, 0.1) is 11.8 Å². The SMILES string of the molecule is CCCCCCCCCCCCCCCC(=O)O[C@H](COC(=O)CCCCCCCCCCCCCC)COP(=O)(O)OC[C@@H](O)COP(=O)(O)OC[C@@H](COC(=O)CCCCCCCCC(C)C)OC(=O)CCCCCCCCC(C)C. The minimum absolute atomic E-state index is 0.101. The van der Waals surface area contributed by atoms with Crippen LogP contribution in [0.2, 0.25) is 0 Å². The average molecular weight is 1230 g/mol. The summed E-state index contributed by atoms with van der Waals surface area (Å²) in [5.41, 5.74) is 0. The summed E-state index contributed by atoms with van der Waals surface area (Å²) in [7, 11) is -9.88. The quantitative estimate of drug-likeness (QED) is 0.0222. The number of phosphoric ester groups is 2. The molecule has 0 heterocycles. The summed E-state index contributed by atoms with van der Waals surface area (Å²) in [6.45, 7) is 9.32. The Morgan fingerprint density at radius 2 is 0.554 bits per heavy atom. The fourth-order valence-corrected chi connectivity index (χ4v) is 11.1.